The van der Waals surface area contributed by atoms with Crippen molar-refractivity contribution in [3.63, 3.8) is 0 Å². The fourth-order valence-corrected chi connectivity index (χ4v) is 2.52. The molecule has 0 spiro atoms. The van der Waals surface area contributed by atoms with Gasteiger partial charge in [-0.2, -0.15) is 0 Å². The molecule has 0 atom stereocenters. The summed E-state index contributed by atoms with van der Waals surface area (Å²) >= 11 is 0. The lowest BCUT2D eigenvalue weighted by Gasteiger charge is -2.28. The van der Waals surface area contributed by atoms with Crippen LogP contribution in [-0.4, -0.2) is 36.6 Å². The Kier molecular flexibility index (Phi) is 5.60. The number of piperidine rings is 1. The van der Waals surface area contributed by atoms with Crippen molar-refractivity contribution in [2.45, 2.75) is 32.1 Å². The number of benzene rings is 1. The number of amides is 1. The minimum absolute atomic E-state index is 0.0776. The van der Waals surface area contributed by atoms with E-state index in [4.69, 9.17) is 5.11 Å². The summed E-state index contributed by atoms with van der Waals surface area (Å²) in [5.41, 5.74) is 1.78. The van der Waals surface area contributed by atoms with E-state index in [1.54, 1.807) is 0 Å². The number of hydrogen-bond donors (Lipinski definition) is 2. The zero-order chi connectivity index (χ0) is 15.1. The maximum Gasteiger partial charge on any atom is 0.303 e. The number of anilines is 1. The number of nitrogens with one attached hydrogen (secondary N) is 1. The second kappa shape index (κ2) is 7.67. The monoisotopic (exact) mass is 290 g/mol. The third-order valence-corrected chi connectivity index (χ3v) is 3.70. The number of carboxylic acids is 1. The van der Waals surface area contributed by atoms with Gasteiger partial charge in [0.05, 0.1) is 0 Å². The molecule has 2 rings (SSSR count). The lowest BCUT2D eigenvalue weighted by molar-refractivity contribution is -0.137. The molecule has 1 amide bonds. The quantitative estimate of drug-likeness (QED) is 0.789. The van der Waals surface area contributed by atoms with Crippen LogP contribution in [-0.2, 0) is 4.79 Å². The van der Waals surface area contributed by atoms with E-state index in [0.29, 0.717) is 18.5 Å². The van der Waals surface area contributed by atoms with Crippen LogP contribution in [0.2, 0.25) is 0 Å². The van der Waals surface area contributed by atoms with Gasteiger partial charge in [-0.3, -0.25) is 9.59 Å². The van der Waals surface area contributed by atoms with Crippen molar-refractivity contribution in [1.82, 2.24) is 5.32 Å². The Hall–Kier alpha value is -2.04. The lowest BCUT2D eigenvalue weighted by Crippen LogP contribution is -2.29. The number of carbonyl (C=O) groups is 2. The topological polar surface area (TPSA) is 69.6 Å². The van der Waals surface area contributed by atoms with Gasteiger partial charge in [0.2, 0.25) is 0 Å². The summed E-state index contributed by atoms with van der Waals surface area (Å²) in [6.07, 6.45) is 4.28. The van der Waals surface area contributed by atoms with Crippen molar-refractivity contribution >= 4 is 17.6 Å². The SMILES string of the molecule is O=C(O)CCCNC(=O)c1ccc(N2CCCCC2)cc1. The standard InChI is InChI=1S/C16H22N2O3/c19-15(20)5-4-10-17-16(21)13-6-8-14(9-7-13)18-11-2-1-3-12-18/h6-9H,1-5,10-12H2,(H,17,21)(H,19,20). The molecule has 1 saturated heterocycles. The van der Waals surface area contributed by atoms with Gasteiger partial charge in [-0.1, -0.05) is 0 Å². The highest BCUT2D eigenvalue weighted by molar-refractivity contribution is 5.94. The Labute approximate surface area is 125 Å². The molecule has 1 aliphatic rings. The maximum absolute atomic E-state index is 11.9. The van der Waals surface area contributed by atoms with Gasteiger partial charge in [-0.15, -0.1) is 0 Å². The molecule has 114 valence electrons. The van der Waals surface area contributed by atoms with E-state index in [1.807, 2.05) is 24.3 Å². The van der Waals surface area contributed by atoms with E-state index in [9.17, 15) is 9.59 Å². The zero-order valence-corrected chi connectivity index (χ0v) is 12.2. The fourth-order valence-electron chi connectivity index (χ4n) is 2.52. The third kappa shape index (κ3) is 4.77. The zero-order valence-electron chi connectivity index (χ0n) is 12.2. The summed E-state index contributed by atoms with van der Waals surface area (Å²) in [6, 6.07) is 7.63. The van der Waals surface area contributed by atoms with E-state index in [-0.39, 0.29) is 12.3 Å². The third-order valence-electron chi connectivity index (χ3n) is 3.70. The molecule has 5 nitrogen and oxygen atoms in total. The van der Waals surface area contributed by atoms with Gasteiger partial charge in [-0.25, -0.2) is 0 Å². The summed E-state index contributed by atoms with van der Waals surface area (Å²) in [4.78, 5) is 24.6. The van der Waals surface area contributed by atoms with Crippen LogP contribution in [0.1, 0.15) is 42.5 Å². The van der Waals surface area contributed by atoms with Gasteiger partial charge < -0.3 is 15.3 Å². The van der Waals surface area contributed by atoms with Crippen LogP contribution in [0, 0.1) is 0 Å². The summed E-state index contributed by atoms with van der Waals surface area (Å²) in [6.45, 7) is 2.56. The Bertz CT molecular complexity index is 479. The van der Waals surface area contributed by atoms with Gasteiger partial charge in [0, 0.05) is 37.3 Å². The molecule has 5 heteroatoms. The molecule has 1 aliphatic heterocycles. The second-order valence-electron chi connectivity index (χ2n) is 5.35. The van der Waals surface area contributed by atoms with Crippen molar-refractivity contribution < 1.29 is 14.7 Å². The van der Waals surface area contributed by atoms with Crippen LogP contribution in [0.25, 0.3) is 0 Å². The Morgan fingerprint density at radius 2 is 1.76 bits per heavy atom. The minimum Gasteiger partial charge on any atom is -0.481 e. The molecule has 0 aliphatic carbocycles. The molecule has 1 aromatic carbocycles. The maximum atomic E-state index is 11.9. The lowest BCUT2D eigenvalue weighted by atomic mass is 10.1. The van der Waals surface area contributed by atoms with E-state index in [2.05, 4.69) is 10.2 Å². The van der Waals surface area contributed by atoms with Crippen molar-refractivity contribution in [3.05, 3.63) is 29.8 Å². The minimum atomic E-state index is -0.838. The van der Waals surface area contributed by atoms with Crippen LogP contribution >= 0.6 is 0 Å². The Balaban J connectivity index is 1.83. The number of carbonyl (C=O) groups excluding carboxylic acids is 1. The van der Waals surface area contributed by atoms with Crippen molar-refractivity contribution in [2.75, 3.05) is 24.5 Å². The number of hydrogen-bond acceptors (Lipinski definition) is 3. The molecule has 0 aromatic heterocycles. The van der Waals surface area contributed by atoms with Crippen LogP contribution < -0.4 is 10.2 Å². The molecule has 0 bridgehead atoms. The first kappa shape index (κ1) is 15.4. The predicted molar refractivity (Wildman–Crippen MR) is 81.7 cm³/mol. The van der Waals surface area contributed by atoms with Crippen LogP contribution in [0.5, 0.6) is 0 Å². The number of nitrogens with zero attached hydrogens (tertiary/aromatic N) is 1. The average Bonchev–Trinajstić information content (AvgIpc) is 2.52. The van der Waals surface area contributed by atoms with Crippen molar-refractivity contribution in [2.24, 2.45) is 0 Å². The summed E-state index contributed by atoms with van der Waals surface area (Å²) in [7, 11) is 0. The number of aliphatic carboxylic acids is 1. The highest BCUT2D eigenvalue weighted by Crippen LogP contribution is 2.20. The number of carboxylic acid groups (broad SMARTS) is 1. The second-order valence-corrected chi connectivity index (χ2v) is 5.35. The van der Waals surface area contributed by atoms with Crippen LogP contribution in [0.3, 0.4) is 0 Å². The van der Waals surface area contributed by atoms with E-state index >= 15 is 0 Å². The normalized spacial score (nSPS) is 14.8. The smallest absolute Gasteiger partial charge is 0.303 e. The molecule has 21 heavy (non-hydrogen) atoms. The largest absolute Gasteiger partial charge is 0.481 e. The molecular weight excluding hydrogens is 268 g/mol. The molecule has 1 heterocycles. The highest BCUT2D eigenvalue weighted by Gasteiger charge is 2.11. The van der Waals surface area contributed by atoms with Crippen LogP contribution in [0.15, 0.2) is 24.3 Å². The van der Waals surface area contributed by atoms with E-state index in [1.165, 1.54) is 19.3 Å². The van der Waals surface area contributed by atoms with E-state index < -0.39 is 5.97 Å². The molecule has 0 saturated carbocycles. The first-order valence-electron chi connectivity index (χ1n) is 7.52. The first-order chi connectivity index (χ1) is 10.2. The molecule has 1 aromatic rings. The van der Waals surface area contributed by atoms with Crippen LogP contribution in [0.4, 0.5) is 5.69 Å². The fraction of sp³-hybridized carbons (Fsp3) is 0.500. The highest BCUT2D eigenvalue weighted by atomic mass is 16.4. The van der Waals surface area contributed by atoms with Gasteiger partial charge in [0.25, 0.3) is 5.91 Å². The molecule has 0 radical (unpaired) electrons. The summed E-state index contributed by atoms with van der Waals surface area (Å²) in [5, 5.41) is 11.3. The van der Waals surface area contributed by atoms with E-state index in [0.717, 1.165) is 18.8 Å². The van der Waals surface area contributed by atoms with Gasteiger partial charge in [0.1, 0.15) is 0 Å². The predicted octanol–water partition coefficient (Wildman–Crippen LogP) is 2.27. The first-order valence-corrected chi connectivity index (χ1v) is 7.52. The number of rotatable bonds is 6. The Morgan fingerprint density at radius 1 is 1.10 bits per heavy atom. The molecule has 1 fully saturated rings. The Morgan fingerprint density at radius 3 is 2.38 bits per heavy atom. The van der Waals surface area contributed by atoms with Gasteiger partial charge >= 0.3 is 5.97 Å². The van der Waals surface area contributed by atoms with Gasteiger partial charge in [-0.05, 0) is 49.9 Å². The van der Waals surface area contributed by atoms with Crippen molar-refractivity contribution in [3.8, 4) is 0 Å². The summed E-state index contributed by atoms with van der Waals surface area (Å²) < 4.78 is 0. The molecule has 2 N–H and O–H groups in total. The molecular formula is C16H22N2O3. The average molecular weight is 290 g/mol. The van der Waals surface area contributed by atoms with Crippen molar-refractivity contribution in [1.29, 1.82) is 0 Å². The van der Waals surface area contributed by atoms with Gasteiger partial charge in [0.15, 0.2) is 0 Å². The molecule has 0 unspecified atom stereocenters. The summed E-state index contributed by atoms with van der Waals surface area (Å²) in [5.74, 6) is -0.985.